The molecule has 126 valence electrons. The van der Waals surface area contributed by atoms with Crippen LogP contribution in [0.5, 0.6) is 0 Å². The van der Waals surface area contributed by atoms with Gasteiger partial charge in [0.2, 0.25) is 15.9 Å². The molecule has 0 saturated heterocycles. The average Bonchev–Trinajstić information content (AvgIpc) is 2.81. The number of nitrogens with zero attached hydrogens (tertiary/aromatic N) is 1. The Kier molecular flexibility index (Phi) is 4.38. The molecule has 0 radical (unpaired) electrons. The lowest BCUT2D eigenvalue weighted by atomic mass is 10.0. The minimum atomic E-state index is -3.66. The molecule has 7 heteroatoms. The Morgan fingerprint density at radius 3 is 2.67 bits per heavy atom. The van der Waals surface area contributed by atoms with Crippen molar-refractivity contribution in [1.82, 2.24) is 4.31 Å². The normalized spacial score (nSPS) is 17.0. The Hall–Kier alpha value is -1.89. The Bertz CT molecular complexity index is 912. The number of anilines is 1. The predicted octanol–water partition coefficient (Wildman–Crippen LogP) is 3.22. The summed E-state index contributed by atoms with van der Waals surface area (Å²) in [7, 11) is -2.14. The Balaban J connectivity index is 1.89. The lowest BCUT2D eigenvalue weighted by molar-refractivity contribution is -0.116. The van der Waals surface area contributed by atoms with E-state index in [-0.39, 0.29) is 23.3 Å². The summed E-state index contributed by atoms with van der Waals surface area (Å²) in [4.78, 5) is 11.9. The fourth-order valence-electron chi connectivity index (χ4n) is 2.71. The van der Waals surface area contributed by atoms with Crippen molar-refractivity contribution in [1.29, 1.82) is 0 Å². The van der Waals surface area contributed by atoms with Crippen LogP contribution in [-0.4, -0.2) is 25.7 Å². The van der Waals surface area contributed by atoms with Crippen LogP contribution in [-0.2, 0) is 21.4 Å². The first kappa shape index (κ1) is 17.0. The van der Waals surface area contributed by atoms with Gasteiger partial charge < -0.3 is 5.32 Å². The van der Waals surface area contributed by atoms with E-state index < -0.39 is 10.0 Å². The molecule has 3 rings (SSSR count). The number of amides is 1. The van der Waals surface area contributed by atoms with Gasteiger partial charge in [0.25, 0.3) is 0 Å². The standard InChI is InChI=1S/C17H17ClN2O3S/c1-11-15-9-14(6-7-16(15)19-17(11)21)24(22,23)20(2)10-12-4-3-5-13(18)8-12/h3-9,11H,10H2,1-2H3,(H,19,21)/t11-/m1/s1. The number of nitrogens with one attached hydrogen (secondary N) is 1. The predicted molar refractivity (Wildman–Crippen MR) is 93.6 cm³/mol. The average molecular weight is 365 g/mol. The highest BCUT2D eigenvalue weighted by Gasteiger charge is 2.29. The molecule has 0 saturated carbocycles. The lowest BCUT2D eigenvalue weighted by Crippen LogP contribution is -2.26. The van der Waals surface area contributed by atoms with Crippen molar-refractivity contribution in [2.45, 2.75) is 24.3 Å². The number of benzene rings is 2. The van der Waals surface area contributed by atoms with Gasteiger partial charge in [-0.2, -0.15) is 4.31 Å². The van der Waals surface area contributed by atoms with Crippen LogP contribution >= 0.6 is 11.6 Å². The zero-order chi connectivity index (χ0) is 17.5. The lowest BCUT2D eigenvalue weighted by Gasteiger charge is -2.18. The molecule has 1 N–H and O–H groups in total. The van der Waals surface area contributed by atoms with Crippen molar-refractivity contribution >= 4 is 33.2 Å². The molecule has 1 atom stereocenters. The van der Waals surface area contributed by atoms with Gasteiger partial charge in [-0.25, -0.2) is 8.42 Å². The highest BCUT2D eigenvalue weighted by atomic mass is 35.5. The largest absolute Gasteiger partial charge is 0.325 e. The number of fused-ring (bicyclic) bond motifs is 1. The molecule has 1 aliphatic heterocycles. The molecular formula is C17H17ClN2O3S. The molecule has 1 amide bonds. The monoisotopic (exact) mass is 364 g/mol. The zero-order valence-electron chi connectivity index (χ0n) is 13.3. The minimum Gasteiger partial charge on any atom is -0.325 e. The van der Waals surface area contributed by atoms with Gasteiger partial charge in [-0.1, -0.05) is 23.7 Å². The second-order valence-electron chi connectivity index (χ2n) is 5.85. The van der Waals surface area contributed by atoms with E-state index in [0.29, 0.717) is 16.3 Å². The van der Waals surface area contributed by atoms with Gasteiger partial charge in [0.15, 0.2) is 0 Å². The maximum Gasteiger partial charge on any atom is 0.243 e. The smallest absolute Gasteiger partial charge is 0.243 e. The third kappa shape index (κ3) is 3.05. The van der Waals surface area contributed by atoms with Crippen molar-refractivity contribution < 1.29 is 13.2 Å². The van der Waals surface area contributed by atoms with Crippen LogP contribution in [0.25, 0.3) is 0 Å². The first-order valence-corrected chi connectivity index (χ1v) is 9.26. The van der Waals surface area contributed by atoms with Gasteiger partial charge in [-0.15, -0.1) is 0 Å². The summed E-state index contributed by atoms with van der Waals surface area (Å²) in [6.07, 6.45) is 0. The van der Waals surface area contributed by atoms with E-state index in [2.05, 4.69) is 5.32 Å². The van der Waals surface area contributed by atoms with Gasteiger partial charge in [-0.05, 0) is 48.4 Å². The molecule has 1 aliphatic rings. The van der Waals surface area contributed by atoms with Crippen LogP contribution in [0, 0.1) is 0 Å². The van der Waals surface area contributed by atoms with Crippen LogP contribution < -0.4 is 5.32 Å². The zero-order valence-corrected chi connectivity index (χ0v) is 14.9. The summed E-state index contributed by atoms with van der Waals surface area (Å²) in [6, 6.07) is 11.8. The molecule has 0 bridgehead atoms. The van der Waals surface area contributed by atoms with Crippen molar-refractivity contribution in [3.05, 3.63) is 58.6 Å². The van der Waals surface area contributed by atoms with E-state index in [1.807, 2.05) is 6.07 Å². The highest BCUT2D eigenvalue weighted by Crippen LogP contribution is 2.34. The number of carbonyl (C=O) groups is 1. The van der Waals surface area contributed by atoms with Gasteiger partial charge in [0, 0.05) is 24.3 Å². The third-order valence-corrected chi connectivity index (χ3v) is 6.18. The molecule has 0 aliphatic carbocycles. The van der Waals surface area contributed by atoms with Crippen LogP contribution in [0.15, 0.2) is 47.4 Å². The topological polar surface area (TPSA) is 66.5 Å². The van der Waals surface area contributed by atoms with Crippen LogP contribution in [0.1, 0.15) is 24.0 Å². The summed E-state index contributed by atoms with van der Waals surface area (Å²) >= 11 is 5.95. The number of hydrogen-bond donors (Lipinski definition) is 1. The van der Waals surface area contributed by atoms with Crippen LogP contribution in [0.4, 0.5) is 5.69 Å². The van der Waals surface area contributed by atoms with E-state index in [1.165, 1.54) is 17.4 Å². The SMILES string of the molecule is C[C@H]1C(=O)Nc2ccc(S(=O)(=O)N(C)Cc3cccc(Cl)c3)cc21. The van der Waals surface area contributed by atoms with E-state index in [0.717, 1.165) is 5.56 Å². The summed E-state index contributed by atoms with van der Waals surface area (Å²) in [5.41, 5.74) is 2.18. The molecule has 24 heavy (non-hydrogen) atoms. The van der Waals surface area contributed by atoms with Gasteiger partial charge in [0.05, 0.1) is 10.8 Å². The molecule has 0 aromatic heterocycles. The maximum atomic E-state index is 12.8. The number of halogens is 1. The summed E-state index contributed by atoms with van der Waals surface area (Å²) < 4.78 is 26.9. The van der Waals surface area contributed by atoms with E-state index in [1.54, 1.807) is 37.3 Å². The maximum absolute atomic E-state index is 12.8. The van der Waals surface area contributed by atoms with Crippen LogP contribution in [0.2, 0.25) is 5.02 Å². The highest BCUT2D eigenvalue weighted by molar-refractivity contribution is 7.89. The minimum absolute atomic E-state index is 0.119. The molecule has 0 spiro atoms. The number of hydrogen-bond acceptors (Lipinski definition) is 3. The second kappa shape index (κ2) is 6.20. The van der Waals surface area contributed by atoms with Crippen LogP contribution in [0.3, 0.4) is 0 Å². The summed E-state index contributed by atoms with van der Waals surface area (Å²) in [5, 5.41) is 3.30. The fourth-order valence-corrected chi connectivity index (χ4v) is 4.12. The number of sulfonamides is 1. The van der Waals surface area contributed by atoms with E-state index >= 15 is 0 Å². The second-order valence-corrected chi connectivity index (χ2v) is 8.33. The molecule has 2 aromatic rings. The Labute approximate surface area is 146 Å². The first-order valence-electron chi connectivity index (χ1n) is 7.44. The van der Waals surface area contributed by atoms with Crippen molar-refractivity contribution in [2.75, 3.05) is 12.4 Å². The van der Waals surface area contributed by atoms with Crippen molar-refractivity contribution in [2.24, 2.45) is 0 Å². The molecule has 0 fully saturated rings. The Morgan fingerprint density at radius 2 is 1.96 bits per heavy atom. The molecule has 1 heterocycles. The molecule has 5 nitrogen and oxygen atoms in total. The number of rotatable bonds is 4. The Morgan fingerprint density at radius 1 is 1.21 bits per heavy atom. The third-order valence-electron chi connectivity index (χ3n) is 4.14. The van der Waals surface area contributed by atoms with Crippen molar-refractivity contribution in [3.63, 3.8) is 0 Å². The molecular weight excluding hydrogens is 348 g/mol. The molecule has 0 unspecified atom stereocenters. The van der Waals surface area contributed by atoms with Gasteiger partial charge >= 0.3 is 0 Å². The van der Waals surface area contributed by atoms with E-state index in [9.17, 15) is 13.2 Å². The van der Waals surface area contributed by atoms with Gasteiger partial charge in [-0.3, -0.25) is 4.79 Å². The first-order chi connectivity index (χ1) is 11.3. The molecule has 2 aromatic carbocycles. The van der Waals surface area contributed by atoms with Crippen molar-refractivity contribution in [3.8, 4) is 0 Å². The van der Waals surface area contributed by atoms with E-state index in [4.69, 9.17) is 11.6 Å². The quantitative estimate of drug-likeness (QED) is 0.905. The number of carbonyl (C=O) groups excluding carboxylic acids is 1. The van der Waals surface area contributed by atoms with Gasteiger partial charge in [0.1, 0.15) is 0 Å². The summed E-state index contributed by atoms with van der Waals surface area (Å²) in [6.45, 7) is 1.97. The summed E-state index contributed by atoms with van der Waals surface area (Å²) in [5.74, 6) is -0.472. The fraction of sp³-hybridized carbons (Fsp3) is 0.235.